The molecule has 64 heavy (non-hydrogen) atoms. The van der Waals surface area contributed by atoms with Crippen LogP contribution >= 0.6 is 22.6 Å². The SMILES string of the molecule is CC(C)(CO)Cn1nc(-c2ccc3nc(OC4CC4)ccc3c2)c2c(N)ncnc21.CC(C)(CO)Cn1nc(I)c2c(N)ncnc21.OB(O)c1ccc2nc(OC3CC3)ccc2c1. The molecule has 18 nitrogen and oxygen atoms in total. The molecule has 0 bridgehead atoms. The number of nitrogens with zero attached hydrogens (tertiary/aromatic N) is 10. The average molecular weight is 981 g/mol. The number of aromatic nitrogens is 10. The van der Waals surface area contributed by atoms with E-state index in [-0.39, 0.29) is 24.0 Å². The maximum atomic E-state index is 9.69. The van der Waals surface area contributed by atoms with Crippen LogP contribution in [0, 0.1) is 14.5 Å². The van der Waals surface area contributed by atoms with Gasteiger partial charge >= 0.3 is 7.12 Å². The maximum absolute atomic E-state index is 9.69. The van der Waals surface area contributed by atoms with Gasteiger partial charge in [-0.3, -0.25) is 0 Å². The number of pyridine rings is 2. The Morgan fingerprint density at radius 1 is 0.672 bits per heavy atom. The molecule has 2 saturated carbocycles. The lowest BCUT2D eigenvalue weighted by molar-refractivity contribution is 0.138. The molecular weight excluding hydrogens is 930 g/mol. The van der Waals surface area contributed by atoms with E-state index in [1.165, 1.54) is 12.7 Å². The van der Waals surface area contributed by atoms with Crippen LogP contribution in [0.2, 0.25) is 0 Å². The molecule has 2 aliphatic rings. The van der Waals surface area contributed by atoms with E-state index >= 15 is 0 Å². The van der Waals surface area contributed by atoms with Crippen molar-refractivity contribution in [3.63, 3.8) is 0 Å². The van der Waals surface area contributed by atoms with Crippen molar-refractivity contribution in [2.45, 2.75) is 78.7 Å². The van der Waals surface area contributed by atoms with Crippen molar-refractivity contribution in [2.24, 2.45) is 10.8 Å². The van der Waals surface area contributed by atoms with E-state index in [0.29, 0.717) is 70.8 Å². The largest absolute Gasteiger partial charge is 0.488 e. The number of aliphatic hydroxyl groups is 2. The molecule has 6 heterocycles. The topological polar surface area (TPSA) is 264 Å². The number of nitrogens with two attached hydrogens (primary N) is 2. The Labute approximate surface area is 382 Å². The third-order valence-electron chi connectivity index (χ3n) is 10.6. The monoisotopic (exact) mass is 980 g/mol. The van der Waals surface area contributed by atoms with Crippen molar-refractivity contribution < 1.29 is 29.7 Å². The fourth-order valence-electron chi connectivity index (χ4n) is 6.73. The van der Waals surface area contributed by atoms with Crippen molar-refractivity contribution in [3.05, 3.63) is 77.0 Å². The second-order valence-electron chi connectivity index (χ2n) is 17.7. The van der Waals surface area contributed by atoms with Crippen molar-refractivity contribution in [1.82, 2.24) is 49.5 Å². The maximum Gasteiger partial charge on any atom is 0.488 e. The highest BCUT2D eigenvalue weighted by atomic mass is 127. The molecule has 0 unspecified atom stereocenters. The van der Waals surface area contributed by atoms with E-state index in [4.69, 9.17) is 36.1 Å². The summed E-state index contributed by atoms with van der Waals surface area (Å²) in [4.78, 5) is 25.7. The zero-order valence-corrected chi connectivity index (χ0v) is 38.1. The minimum Gasteiger partial charge on any atom is -0.474 e. The van der Waals surface area contributed by atoms with Crippen LogP contribution in [0.15, 0.2) is 73.3 Å². The van der Waals surface area contributed by atoms with Crippen LogP contribution in [0.4, 0.5) is 11.6 Å². The molecule has 0 spiro atoms. The zero-order chi connectivity index (χ0) is 45.3. The molecule has 0 radical (unpaired) electrons. The minimum atomic E-state index is -1.44. The fraction of sp³-hybridized carbons (Fsp3) is 0.364. The molecule has 0 saturated heterocycles. The molecule has 0 aliphatic heterocycles. The standard InChI is InChI=1S/C22H24N6O2.C12H12BNO3.C10H14IN5O/c1-22(2,11-29)10-28-21-18(20(23)24-12-25-21)19(27-28)14-3-7-16-13(9-14)4-8-17(26-16)30-15-5-6-15;15-13(16)9-2-5-11-8(7-9)1-6-12(14-11)17-10-3-4-10;1-10(2,4-17)3-16-9-6(7(11)15-16)8(12)13-5-14-9/h3-4,7-9,12,15,29H,5-6,10-11H2,1-2H3,(H2,23,24,25);1-2,5-7,10,15-16H,3-4H2;5,17H,3-4H2,1-2H3,(H2,12,13,14). The summed E-state index contributed by atoms with van der Waals surface area (Å²) in [7, 11) is -1.44. The van der Waals surface area contributed by atoms with Crippen molar-refractivity contribution >= 4 is 90.7 Å². The van der Waals surface area contributed by atoms with Gasteiger partial charge in [-0.1, -0.05) is 45.9 Å². The number of ether oxygens (including phenoxy) is 2. The van der Waals surface area contributed by atoms with Gasteiger partial charge in [0.25, 0.3) is 0 Å². The van der Waals surface area contributed by atoms with Crippen LogP contribution in [-0.4, -0.2) is 102 Å². The summed E-state index contributed by atoms with van der Waals surface area (Å²) >= 11 is 2.11. The number of nitrogen functional groups attached to an aromatic ring is 2. The Balaban J connectivity index is 0.000000141. The minimum absolute atomic E-state index is 0.0388. The lowest BCUT2D eigenvalue weighted by Gasteiger charge is -2.21. The third kappa shape index (κ3) is 10.4. The van der Waals surface area contributed by atoms with Gasteiger partial charge in [-0.05, 0) is 84.1 Å². The summed E-state index contributed by atoms with van der Waals surface area (Å²) in [6.07, 6.45) is 7.93. The molecule has 0 atom stereocenters. The van der Waals surface area contributed by atoms with Gasteiger partial charge in [0.15, 0.2) is 11.3 Å². The van der Waals surface area contributed by atoms with Crippen LogP contribution in [0.3, 0.4) is 0 Å². The third-order valence-corrected chi connectivity index (χ3v) is 11.4. The molecular formula is C44H50BIN12O6. The van der Waals surface area contributed by atoms with Gasteiger partial charge in [0.05, 0.1) is 34.9 Å². The number of hydrogen-bond acceptors (Lipinski definition) is 16. The number of aliphatic hydroxyl groups excluding tert-OH is 2. The molecule has 332 valence electrons. The van der Waals surface area contributed by atoms with Crippen LogP contribution in [-0.2, 0) is 13.1 Å². The van der Waals surface area contributed by atoms with Gasteiger partial charge in [0.1, 0.15) is 45.9 Å². The van der Waals surface area contributed by atoms with Gasteiger partial charge in [0.2, 0.25) is 11.8 Å². The smallest absolute Gasteiger partial charge is 0.474 e. The molecule has 2 fully saturated rings. The first-order chi connectivity index (χ1) is 30.6. The molecule has 8 N–H and O–H groups in total. The molecule has 8 aromatic rings. The molecule has 2 aromatic carbocycles. The molecule has 6 aromatic heterocycles. The summed E-state index contributed by atoms with van der Waals surface area (Å²) in [5.74, 6) is 2.12. The Morgan fingerprint density at radius 3 is 1.70 bits per heavy atom. The number of benzene rings is 2. The molecule has 20 heteroatoms. The number of fused-ring (bicyclic) bond motifs is 4. The number of halogens is 1. The summed E-state index contributed by atoms with van der Waals surface area (Å²) in [6.45, 7) is 9.12. The van der Waals surface area contributed by atoms with E-state index in [0.717, 1.165) is 67.8 Å². The summed E-state index contributed by atoms with van der Waals surface area (Å²) < 4.78 is 15.8. The second-order valence-corrected chi connectivity index (χ2v) is 18.7. The van der Waals surface area contributed by atoms with Crippen molar-refractivity contribution in [2.75, 3.05) is 24.7 Å². The highest BCUT2D eigenvalue weighted by Gasteiger charge is 2.27. The highest BCUT2D eigenvalue weighted by Crippen LogP contribution is 2.34. The Hall–Kier alpha value is -5.81. The average Bonchev–Trinajstić information content (AvgIpc) is 4.21. The Kier molecular flexibility index (Phi) is 12.8. The van der Waals surface area contributed by atoms with E-state index in [9.17, 15) is 10.2 Å². The van der Waals surface area contributed by atoms with E-state index in [2.05, 4.69) is 57.6 Å². The predicted molar refractivity (Wildman–Crippen MR) is 254 cm³/mol. The summed E-state index contributed by atoms with van der Waals surface area (Å²) in [6, 6.07) is 18.7. The summed E-state index contributed by atoms with van der Waals surface area (Å²) in [5.41, 5.74) is 16.6. The van der Waals surface area contributed by atoms with Gasteiger partial charge in [0, 0.05) is 52.5 Å². The normalized spacial score (nSPS) is 14.0. The zero-order valence-electron chi connectivity index (χ0n) is 35.9. The first-order valence-electron chi connectivity index (χ1n) is 20.9. The molecule has 10 rings (SSSR count). The second kappa shape index (κ2) is 18.4. The summed E-state index contributed by atoms with van der Waals surface area (Å²) in [5, 5.41) is 49.7. The fourth-order valence-corrected chi connectivity index (χ4v) is 7.51. The quantitative estimate of drug-likeness (QED) is 0.0718. The first kappa shape index (κ1) is 44.8. The van der Waals surface area contributed by atoms with Gasteiger partial charge < -0.3 is 41.2 Å². The lowest BCUT2D eigenvalue weighted by Crippen LogP contribution is -2.29. The molecule has 2 aliphatic carbocycles. The number of hydrogen-bond donors (Lipinski definition) is 6. The van der Waals surface area contributed by atoms with E-state index < -0.39 is 7.12 Å². The lowest BCUT2D eigenvalue weighted by atomic mass is 9.80. The van der Waals surface area contributed by atoms with Crippen LogP contribution < -0.4 is 26.4 Å². The van der Waals surface area contributed by atoms with E-state index in [1.54, 1.807) is 27.6 Å². The van der Waals surface area contributed by atoms with Crippen molar-refractivity contribution in [1.29, 1.82) is 0 Å². The Bertz CT molecular complexity index is 2960. The van der Waals surface area contributed by atoms with Gasteiger partial charge in [-0.25, -0.2) is 39.3 Å². The van der Waals surface area contributed by atoms with Crippen LogP contribution in [0.1, 0.15) is 53.4 Å². The van der Waals surface area contributed by atoms with E-state index in [1.807, 2.05) is 70.2 Å². The van der Waals surface area contributed by atoms with Gasteiger partial charge in [-0.15, -0.1) is 0 Å². The number of anilines is 2. The predicted octanol–water partition coefficient (Wildman–Crippen LogP) is 4.67. The van der Waals surface area contributed by atoms with Crippen LogP contribution in [0.5, 0.6) is 11.8 Å². The van der Waals surface area contributed by atoms with Gasteiger partial charge in [-0.2, -0.15) is 10.2 Å². The highest BCUT2D eigenvalue weighted by molar-refractivity contribution is 14.1. The molecule has 0 amide bonds. The first-order valence-corrected chi connectivity index (χ1v) is 22.0. The Morgan fingerprint density at radius 2 is 1.17 bits per heavy atom. The van der Waals surface area contributed by atoms with Crippen LogP contribution in [0.25, 0.3) is 55.1 Å². The number of rotatable bonds is 12. The van der Waals surface area contributed by atoms with Crippen molar-refractivity contribution in [3.8, 4) is 23.0 Å².